The molecule has 1 aliphatic heterocycles. The average Bonchev–Trinajstić information content (AvgIpc) is 2.61. The molecule has 0 saturated carbocycles. The van der Waals surface area contributed by atoms with Gasteiger partial charge < -0.3 is 14.9 Å². The van der Waals surface area contributed by atoms with E-state index >= 15 is 0 Å². The van der Waals surface area contributed by atoms with Gasteiger partial charge in [0.1, 0.15) is 0 Å². The number of benzene rings is 1. The summed E-state index contributed by atoms with van der Waals surface area (Å²) in [6.45, 7) is 9.83. The highest BCUT2D eigenvalue weighted by Gasteiger charge is 2.35. The number of nitrogens with zero attached hydrogens (tertiary/aromatic N) is 2. The normalized spacial score (nSPS) is 16.9. The molecule has 2 rings (SSSR count). The number of amides is 2. The first-order valence-corrected chi connectivity index (χ1v) is 9.04. The summed E-state index contributed by atoms with van der Waals surface area (Å²) in [4.78, 5) is 28.8. The molecule has 1 fully saturated rings. The lowest BCUT2D eigenvalue weighted by molar-refractivity contribution is -0.143. The van der Waals surface area contributed by atoms with Gasteiger partial charge in [-0.2, -0.15) is 0 Å². The Kier molecular flexibility index (Phi) is 6.22. The van der Waals surface area contributed by atoms with Gasteiger partial charge in [0.2, 0.25) is 11.8 Å². The van der Waals surface area contributed by atoms with Crippen LogP contribution < -0.4 is 0 Å². The highest BCUT2D eigenvalue weighted by atomic mass is 16.3. The zero-order valence-electron chi connectivity index (χ0n) is 15.7. The van der Waals surface area contributed by atoms with Crippen molar-refractivity contribution in [3.63, 3.8) is 0 Å². The molecular formula is C20H30N2O3. The maximum atomic E-state index is 12.9. The second-order valence-electron chi connectivity index (χ2n) is 7.68. The van der Waals surface area contributed by atoms with E-state index in [0.29, 0.717) is 26.2 Å². The van der Waals surface area contributed by atoms with Crippen molar-refractivity contribution in [2.24, 2.45) is 5.92 Å². The molecule has 25 heavy (non-hydrogen) atoms. The number of piperazine rings is 1. The van der Waals surface area contributed by atoms with Crippen LogP contribution in [0.5, 0.6) is 0 Å². The van der Waals surface area contributed by atoms with E-state index < -0.39 is 11.5 Å². The van der Waals surface area contributed by atoms with Crippen LogP contribution in [0.25, 0.3) is 0 Å². The Labute approximate surface area is 150 Å². The fraction of sp³-hybridized carbons (Fsp3) is 0.600. The molecule has 1 saturated heterocycles. The zero-order valence-corrected chi connectivity index (χ0v) is 15.7. The molecule has 1 aromatic rings. The van der Waals surface area contributed by atoms with Gasteiger partial charge in [-0.25, -0.2) is 0 Å². The molecule has 1 aliphatic rings. The molecule has 0 aliphatic carbocycles. The summed E-state index contributed by atoms with van der Waals surface area (Å²) >= 11 is 0. The van der Waals surface area contributed by atoms with E-state index in [9.17, 15) is 14.7 Å². The Morgan fingerprint density at radius 3 is 2.08 bits per heavy atom. The molecule has 1 atom stereocenters. The van der Waals surface area contributed by atoms with Crippen molar-refractivity contribution in [3.8, 4) is 0 Å². The number of rotatable bonds is 5. The van der Waals surface area contributed by atoms with Gasteiger partial charge in [-0.1, -0.05) is 44.2 Å². The van der Waals surface area contributed by atoms with Crippen LogP contribution in [0.2, 0.25) is 0 Å². The summed E-state index contributed by atoms with van der Waals surface area (Å²) in [5.74, 6) is 0.127. The van der Waals surface area contributed by atoms with Crippen molar-refractivity contribution in [3.05, 3.63) is 35.9 Å². The number of carbonyl (C=O) groups excluding carboxylic acids is 2. The third-order valence-corrected chi connectivity index (χ3v) is 5.10. The fourth-order valence-electron chi connectivity index (χ4n) is 3.08. The number of hydrogen-bond donors (Lipinski definition) is 1. The summed E-state index contributed by atoms with van der Waals surface area (Å²) in [6, 6.07) is 9.79. The van der Waals surface area contributed by atoms with Crippen LogP contribution in [0.1, 0.15) is 39.7 Å². The summed E-state index contributed by atoms with van der Waals surface area (Å²) in [7, 11) is 0. The van der Waals surface area contributed by atoms with E-state index in [1.165, 1.54) is 0 Å². The van der Waals surface area contributed by atoms with E-state index in [1.807, 2.05) is 62.9 Å². The van der Waals surface area contributed by atoms with Crippen LogP contribution in [0.15, 0.2) is 30.3 Å². The van der Waals surface area contributed by atoms with E-state index in [4.69, 9.17) is 0 Å². The monoisotopic (exact) mass is 346 g/mol. The topological polar surface area (TPSA) is 60.9 Å². The summed E-state index contributed by atoms with van der Waals surface area (Å²) < 4.78 is 0. The molecule has 1 aromatic carbocycles. The SMILES string of the molecule is CC(C)C(O)CC(=O)N1CCN(C(=O)C(C)(C)c2ccccc2)CC1. The highest BCUT2D eigenvalue weighted by Crippen LogP contribution is 2.26. The minimum atomic E-state index is -0.607. The number of aliphatic hydroxyl groups is 1. The van der Waals surface area contributed by atoms with Crippen molar-refractivity contribution in [1.29, 1.82) is 0 Å². The minimum absolute atomic E-state index is 0.0318. The highest BCUT2D eigenvalue weighted by molar-refractivity contribution is 5.87. The molecule has 1 unspecified atom stereocenters. The quantitative estimate of drug-likeness (QED) is 0.887. The van der Waals surface area contributed by atoms with Crippen LogP contribution >= 0.6 is 0 Å². The predicted octanol–water partition coefficient (Wildman–Crippen LogP) is 2.04. The van der Waals surface area contributed by atoms with Gasteiger partial charge in [0.25, 0.3) is 0 Å². The van der Waals surface area contributed by atoms with Crippen molar-refractivity contribution >= 4 is 11.8 Å². The Morgan fingerprint density at radius 1 is 1.04 bits per heavy atom. The first-order valence-electron chi connectivity index (χ1n) is 9.04. The molecule has 138 valence electrons. The first kappa shape index (κ1) is 19.4. The van der Waals surface area contributed by atoms with Gasteiger partial charge in [0, 0.05) is 26.2 Å². The van der Waals surface area contributed by atoms with Crippen molar-refractivity contribution in [2.45, 2.75) is 45.6 Å². The minimum Gasteiger partial charge on any atom is -0.392 e. The maximum Gasteiger partial charge on any atom is 0.232 e. The molecule has 0 radical (unpaired) electrons. The largest absolute Gasteiger partial charge is 0.392 e. The molecular weight excluding hydrogens is 316 g/mol. The molecule has 1 N–H and O–H groups in total. The lowest BCUT2D eigenvalue weighted by atomic mass is 9.83. The number of carbonyl (C=O) groups is 2. The smallest absolute Gasteiger partial charge is 0.232 e. The molecule has 2 amide bonds. The van der Waals surface area contributed by atoms with E-state index in [2.05, 4.69) is 0 Å². The van der Waals surface area contributed by atoms with E-state index in [1.54, 1.807) is 4.90 Å². The Balaban J connectivity index is 1.93. The molecule has 0 aromatic heterocycles. The van der Waals surface area contributed by atoms with Crippen LogP contribution in [-0.4, -0.2) is 59.0 Å². The number of hydrogen-bond acceptors (Lipinski definition) is 3. The molecule has 5 nitrogen and oxygen atoms in total. The van der Waals surface area contributed by atoms with Crippen molar-refractivity contribution in [1.82, 2.24) is 9.80 Å². The Hall–Kier alpha value is -1.88. The van der Waals surface area contributed by atoms with Gasteiger partial charge in [-0.15, -0.1) is 0 Å². The third-order valence-electron chi connectivity index (χ3n) is 5.10. The molecule has 0 spiro atoms. The van der Waals surface area contributed by atoms with Gasteiger partial charge in [-0.3, -0.25) is 9.59 Å². The van der Waals surface area contributed by atoms with Crippen LogP contribution in [0, 0.1) is 5.92 Å². The fourth-order valence-corrected chi connectivity index (χ4v) is 3.08. The van der Waals surface area contributed by atoms with Crippen LogP contribution in [0.3, 0.4) is 0 Å². The lowest BCUT2D eigenvalue weighted by Crippen LogP contribution is -2.54. The predicted molar refractivity (Wildman–Crippen MR) is 98.1 cm³/mol. The van der Waals surface area contributed by atoms with Gasteiger partial charge in [0.05, 0.1) is 17.9 Å². The standard InChI is InChI=1S/C20H30N2O3/c1-15(2)17(23)14-18(24)21-10-12-22(13-11-21)19(25)20(3,4)16-8-6-5-7-9-16/h5-9,15,17,23H,10-14H2,1-4H3. The first-order chi connectivity index (χ1) is 11.7. The molecule has 5 heteroatoms. The second kappa shape index (κ2) is 8.00. The summed E-state index contributed by atoms with van der Waals surface area (Å²) in [5.41, 5.74) is 0.417. The van der Waals surface area contributed by atoms with E-state index in [0.717, 1.165) is 5.56 Å². The Bertz CT molecular complexity index is 590. The molecule has 1 heterocycles. The third kappa shape index (κ3) is 4.60. The summed E-state index contributed by atoms with van der Waals surface area (Å²) in [6.07, 6.45) is -0.453. The van der Waals surface area contributed by atoms with Crippen molar-refractivity contribution < 1.29 is 14.7 Å². The van der Waals surface area contributed by atoms with E-state index in [-0.39, 0.29) is 24.2 Å². The van der Waals surface area contributed by atoms with Crippen LogP contribution in [0.4, 0.5) is 0 Å². The average molecular weight is 346 g/mol. The van der Waals surface area contributed by atoms with Gasteiger partial charge >= 0.3 is 0 Å². The second-order valence-corrected chi connectivity index (χ2v) is 7.68. The number of aliphatic hydroxyl groups excluding tert-OH is 1. The summed E-state index contributed by atoms with van der Waals surface area (Å²) in [5, 5.41) is 9.89. The molecule has 0 bridgehead atoms. The maximum absolute atomic E-state index is 12.9. The van der Waals surface area contributed by atoms with Crippen molar-refractivity contribution in [2.75, 3.05) is 26.2 Å². The Morgan fingerprint density at radius 2 is 1.56 bits per heavy atom. The van der Waals surface area contributed by atoms with Gasteiger partial charge in [-0.05, 0) is 25.3 Å². The van der Waals surface area contributed by atoms with Crippen LogP contribution in [-0.2, 0) is 15.0 Å². The van der Waals surface area contributed by atoms with Gasteiger partial charge in [0.15, 0.2) is 0 Å². The lowest BCUT2D eigenvalue weighted by Gasteiger charge is -2.39. The zero-order chi connectivity index (χ0) is 18.6.